The Morgan fingerprint density at radius 3 is 2.60 bits per heavy atom. The number of nitrogens with two attached hydrogens (primary N) is 1. The van der Waals surface area contributed by atoms with Crippen molar-refractivity contribution in [3.63, 3.8) is 0 Å². The van der Waals surface area contributed by atoms with Gasteiger partial charge in [0, 0.05) is 6.54 Å². The first-order valence-electron chi connectivity index (χ1n) is 4.94. The second kappa shape index (κ2) is 6.35. The predicted octanol–water partition coefficient (Wildman–Crippen LogP) is 1.08. The Hall–Kier alpha value is -1.16. The molecular weight excluding hydrogens is 190 g/mol. The normalized spacial score (nSPS) is 14.5. The molecule has 0 aliphatic carbocycles. The van der Waals surface area contributed by atoms with Crippen LogP contribution in [0.1, 0.15) is 5.56 Å². The standard InChI is InChI=1S/C12H17NO2/c1-2-12(11(14)8-13)15-9-10-6-4-3-5-7-10/h2-7,11-12,14H,1,8-9,13H2/t11-,12+/m1/s1. The lowest BCUT2D eigenvalue weighted by Gasteiger charge is -2.18. The summed E-state index contributed by atoms with van der Waals surface area (Å²) in [6.45, 7) is 4.23. The van der Waals surface area contributed by atoms with Gasteiger partial charge in [-0.05, 0) is 5.56 Å². The molecule has 0 unspecified atom stereocenters. The van der Waals surface area contributed by atoms with E-state index in [1.807, 2.05) is 30.3 Å². The van der Waals surface area contributed by atoms with Gasteiger partial charge in [0.25, 0.3) is 0 Å². The van der Waals surface area contributed by atoms with E-state index in [4.69, 9.17) is 10.5 Å². The lowest BCUT2D eigenvalue weighted by molar-refractivity contribution is -0.0139. The highest BCUT2D eigenvalue weighted by atomic mass is 16.5. The van der Waals surface area contributed by atoms with E-state index in [2.05, 4.69) is 6.58 Å². The molecule has 0 bridgehead atoms. The van der Waals surface area contributed by atoms with Crippen LogP contribution in [0.4, 0.5) is 0 Å². The van der Waals surface area contributed by atoms with Gasteiger partial charge < -0.3 is 15.6 Å². The number of ether oxygens (including phenoxy) is 1. The van der Waals surface area contributed by atoms with Crippen LogP contribution in [-0.2, 0) is 11.3 Å². The first kappa shape index (κ1) is 11.9. The van der Waals surface area contributed by atoms with Gasteiger partial charge in [-0.25, -0.2) is 0 Å². The molecule has 0 radical (unpaired) electrons. The zero-order valence-corrected chi connectivity index (χ0v) is 8.67. The molecule has 0 saturated carbocycles. The molecule has 3 heteroatoms. The summed E-state index contributed by atoms with van der Waals surface area (Å²) >= 11 is 0. The number of benzene rings is 1. The molecule has 15 heavy (non-hydrogen) atoms. The summed E-state index contributed by atoms with van der Waals surface area (Å²) in [5.41, 5.74) is 6.40. The number of hydrogen-bond donors (Lipinski definition) is 2. The summed E-state index contributed by atoms with van der Waals surface area (Å²) in [4.78, 5) is 0. The fraction of sp³-hybridized carbons (Fsp3) is 0.333. The van der Waals surface area contributed by atoms with E-state index in [9.17, 15) is 5.11 Å². The summed E-state index contributed by atoms with van der Waals surface area (Å²) in [6.07, 6.45) is 0.474. The Bertz CT molecular complexity index is 287. The molecule has 0 aliphatic heterocycles. The Labute approximate surface area is 90.2 Å². The Kier molecular flexibility index (Phi) is 5.04. The third-order valence-corrected chi connectivity index (χ3v) is 2.14. The van der Waals surface area contributed by atoms with E-state index >= 15 is 0 Å². The van der Waals surface area contributed by atoms with Gasteiger partial charge in [0.2, 0.25) is 0 Å². The molecule has 0 spiro atoms. The van der Waals surface area contributed by atoms with Gasteiger partial charge in [-0.3, -0.25) is 0 Å². The maximum Gasteiger partial charge on any atom is 0.103 e. The molecule has 1 aromatic rings. The smallest absolute Gasteiger partial charge is 0.103 e. The van der Waals surface area contributed by atoms with Crippen molar-refractivity contribution in [1.82, 2.24) is 0 Å². The van der Waals surface area contributed by atoms with E-state index in [0.717, 1.165) is 5.56 Å². The van der Waals surface area contributed by atoms with Crippen molar-refractivity contribution in [3.8, 4) is 0 Å². The van der Waals surface area contributed by atoms with Crippen LogP contribution in [0.2, 0.25) is 0 Å². The summed E-state index contributed by atoms with van der Waals surface area (Å²) in [7, 11) is 0. The molecule has 0 amide bonds. The Morgan fingerprint density at radius 2 is 2.07 bits per heavy atom. The summed E-state index contributed by atoms with van der Waals surface area (Å²) in [5, 5.41) is 9.47. The van der Waals surface area contributed by atoms with Crippen molar-refractivity contribution in [2.75, 3.05) is 6.54 Å². The second-order valence-electron chi connectivity index (χ2n) is 3.30. The lowest BCUT2D eigenvalue weighted by Crippen LogP contribution is -2.33. The van der Waals surface area contributed by atoms with Crippen LogP contribution in [0.3, 0.4) is 0 Å². The number of aliphatic hydroxyl groups excluding tert-OH is 1. The highest BCUT2D eigenvalue weighted by Crippen LogP contribution is 2.06. The monoisotopic (exact) mass is 207 g/mol. The zero-order valence-electron chi connectivity index (χ0n) is 8.67. The van der Waals surface area contributed by atoms with Crippen LogP contribution in [0.15, 0.2) is 43.0 Å². The van der Waals surface area contributed by atoms with Gasteiger partial charge >= 0.3 is 0 Å². The molecule has 2 atom stereocenters. The van der Waals surface area contributed by atoms with Crippen molar-refractivity contribution >= 4 is 0 Å². The van der Waals surface area contributed by atoms with E-state index in [0.29, 0.717) is 6.61 Å². The fourth-order valence-corrected chi connectivity index (χ4v) is 1.24. The van der Waals surface area contributed by atoms with Gasteiger partial charge in [0.05, 0.1) is 12.7 Å². The maximum absolute atomic E-state index is 9.47. The minimum Gasteiger partial charge on any atom is -0.389 e. The highest BCUT2D eigenvalue weighted by molar-refractivity contribution is 5.13. The Morgan fingerprint density at radius 1 is 1.40 bits per heavy atom. The lowest BCUT2D eigenvalue weighted by atomic mass is 10.2. The molecule has 3 nitrogen and oxygen atoms in total. The molecular formula is C12H17NO2. The van der Waals surface area contributed by atoms with Crippen molar-refractivity contribution in [1.29, 1.82) is 0 Å². The van der Waals surface area contributed by atoms with Gasteiger partial charge in [0.1, 0.15) is 6.10 Å². The van der Waals surface area contributed by atoms with Gasteiger partial charge in [0.15, 0.2) is 0 Å². The van der Waals surface area contributed by atoms with Crippen molar-refractivity contribution in [3.05, 3.63) is 48.6 Å². The SMILES string of the molecule is C=C[C@H](OCc1ccccc1)[C@H](O)CN. The third kappa shape index (κ3) is 3.83. The van der Waals surface area contributed by atoms with Gasteiger partial charge in [-0.2, -0.15) is 0 Å². The molecule has 1 rings (SSSR count). The van der Waals surface area contributed by atoms with E-state index < -0.39 is 12.2 Å². The van der Waals surface area contributed by atoms with Crippen LogP contribution in [0.5, 0.6) is 0 Å². The zero-order chi connectivity index (χ0) is 11.1. The molecule has 82 valence electrons. The molecule has 3 N–H and O–H groups in total. The van der Waals surface area contributed by atoms with Crippen molar-refractivity contribution in [2.45, 2.75) is 18.8 Å². The average Bonchev–Trinajstić information content (AvgIpc) is 2.31. The molecule has 0 aliphatic rings. The minimum absolute atomic E-state index is 0.172. The first-order valence-corrected chi connectivity index (χ1v) is 4.94. The van der Waals surface area contributed by atoms with Gasteiger partial charge in [-0.15, -0.1) is 6.58 Å². The van der Waals surface area contributed by atoms with Crippen LogP contribution < -0.4 is 5.73 Å². The predicted molar refractivity (Wildman–Crippen MR) is 60.3 cm³/mol. The highest BCUT2D eigenvalue weighted by Gasteiger charge is 2.14. The topological polar surface area (TPSA) is 55.5 Å². The van der Waals surface area contributed by atoms with E-state index in [1.165, 1.54) is 0 Å². The molecule has 0 heterocycles. The van der Waals surface area contributed by atoms with E-state index in [1.54, 1.807) is 6.08 Å². The van der Waals surface area contributed by atoms with Crippen LogP contribution >= 0.6 is 0 Å². The molecule has 1 aromatic carbocycles. The van der Waals surface area contributed by atoms with Crippen molar-refractivity contribution in [2.24, 2.45) is 5.73 Å². The summed E-state index contributed by atoms with van der Waals surface area (Å²) in [6, 6.07) is 9.77. The quantitative estimate of drug-likeness (QED) is 0.686. The van der Waals surface area contributed by atoms with Gasteiger partial charge in [-0.1, -0.05) is 36.4 Å². The minimum atomic E-state index is -0.689. The number of hydrogen-bond acceptors (Lipinski definition) is 3. The largest absolute Gasteiger partial charge is 0.389 e. The summed E-state index contributed by atoms with van der Waals surface area (Å²) in [5.74, 6) is 0. The van der Waals surface area contributed by atoms with E-state index in [-0.39, 0.29) is 6.54 Å². The number of rotatable bonds is 6. The first-order chi connectivity index (χ1) is 7.27. The van der Waals surface area contributed by atoms with Crippen molar-refractivity contribution < 1.29 is 9.84 Å². The molecule has 0 saturated heterocycles. The third-order valence-electron chi connectivity index (χ3n) is 2.14. The molecule has 0 aromatic heterocycles. The summed E-state index contributed by atoms with van der Waals surface area (Å²) < 4.78 is 5.48. The van der Waals surface area contributed by atoms with Crippen LogP contribution in [0.25, 0.3) is 0 Å². The van der Waals surface area contributed by atoms with Crippen LogP contribution in [0, 0.1) is 0 Å². The second-order valence-corrected chi connectivity index (χ2v) is 3.30. The van der Waals surface area contributed by atoms with Crippen LogP contribution in [-0.4, -0.2) is 23.9 Å². The average molecular weight is 207 g/mol. The molecule has 0 fully saturated rings. The maximum atomic E-state index is 9.47. The fourth-order valence-electron chi connectivity index (χ4n) is 1.24. The Balaban J connectivity index is 2.44. The number of aliphatic hydroxyl groups is 1.